The quantitative estimate of drug-likeness (QED) is 0.223. The predicted octanol–water partition coefficient (Wildman–Crippen LogP) is 4.89. The Bertz CT molecular complexity index is 748. The summed E-state index contributed by atoms with van der Waals surface area (Å²) in [6, 6.07) is 17.1. The standard InChI is InChI=1S/C19H23Cl2N5O.ClH/c1-15(23-24-17-5-3-2-4-6-17)19(25-27)22-16-7-9-18(10-8-16)26(13-11-20)14-12-21;/h2-10,24,27H,11-14H2,1H3,(H,22,25);1H/b23-15+;. The number of rotatable bonds is 9. The maximum absolute atomic E-state index is 9.41. The molecule has 0 bridgehead atoms. The van der Waals surface area contributed by atoms with Crippen LogP contribution in [0.1, 0.15) is 6.92 Å². The van der Waals surface area contributed by atoms with E-state index < -0.39 is 0 Å². The van der Waals surface area contributed by atoms with Crippen LogP contribution in [-0.2, 0) is 0 Å². The molecular formula is C19H24Cl3N5O. The van der Waals surface area contributed by atoms with E-state index in [1.807, 2.05) is 54.6 Å². The molecule has 9 heteroatoms. The molecule has 6 nitrogen and oxygen atoms in total. The molecule has 0 saturated carbocycles. The molecule has 0 aromatic heterocycles. The molecule has 0 amide bonds. The minimum absolute atomic E-state index is 0. The van der Waals surface area contributed by atoms with Crippen molar-refractivity contribution in [1.29, 1.82) is 0 Å². The van der Waals surface area contributed by atoms with Gasteiger partial charge in [0.25, 0.3) is 0 Å². The Hall–Kier alpha value is -1.99. The zero-order valence-corrected chi connectivity index (χ0v) is 17.8. The number of nitrogens with zero attached hydrogens (tertiary/aromatic N) is 3. The second kappa shape index (κ2) is 13.2. The van der Waals surface area contributed by atoms with E-state index in [0.717, 1.165) is 24.5 Å². The molecule has 152 valence electrons. The third-order valence-electron chi connectivity index (χ3n) is 3.74. The van der Waals surface area contributed by atoms with Gasteiger partial charge in [0.1, 0.15) is 5.71 Å². The van der Waals surface area contributed by atoms with Crippen LogP contribution in [0.25, 0.3) is 0 Å². The molecule has 0 aliphatic rings. The van der Waals surface area contributed by atoms with E-state index >= 15 is 0 Å². The fourth-order valence-corrected chi connectivity index (χ4v) is 2.75. The number of alkyl halides is 2. The molecule has 0 aliphatic heterocycles. The van der Waals surface area contributed by atoms with Crippen molar-refractivity contribution >= 4 is 64.2 Å². The highest BCUT2D eigenvalue weighted by Crippen LogP contribution is 2.20. The van der Waals surface area contributed by atoms with E-state index in [1.54, 1.807) is 6.92 Å². The summed E-state index contributed by atoms with van der Waals surface area (Å²) in [7, 11) is 0. The maximum Gasteiger partial charge on any atom is 0.173 e. The average molecular weight is 445 g/mol. The molecule has 0 fully saturated rings. The fraction of sp³-hybridized carbons (Fsp3) is 0.263. The lowest BCUT2D eigenvalue weighted by Gasteiger charge is -2.22. The van der Waals surface area contributed by atoms with Crippen LogP contribution >= 0.6 is 35.6 Å². The highest BCUT2D eigenvalue weighted by molar-refractivity contribution is 6.40. The van der Waals surface area contributed by atoms with E-state index in [-0.39, 0.29) is 18.2 Å². The van der Waals surface area contributed by atoms with E-state index in [0.29, 0.717) is 23.2 Å². The van der Waals surface area contributed by atoms with E-state index in [1.165, 1.54) is 0 Å². The van der Waals surface area contributed by atoms with Gasteiger partial charge < -0.3 is 4.90 Å². The fourth-order valence-electron chi connectivity index (χ4n) is 2.34. The number of halogens is 3. The van der Waals surface area contributed by atoms with Crippen molar-refractivity contribution in [3.05, 3.63) is 54.6 Å². The van der Waals surface area contributed by atoms with Crippen molar-refractivity contribution in [2.75, 3.05) is 35.2 Å². The predicted molar refractivity (Wildman–Crippen MR) is 123 cm³/mol. The van der Waals surface area contributed by atoms with Gasteiger partial charge in [-0.25, -0.2) is 4.99 Å². The van der Waals surface area contributed by atoms with Gasteiger partial charge in [-0.2, -0.15) is 5.10 Å². The average Bonchev–Trinajstić information content (AvgIpc) is 2.71. The zero-order valence-electron chi connectivity index (χ0n) is 15.5. The van der Waals surface area contributed by atoms with E-state index in [4.69, 9.17) is 23.2 Å². The molecule has 0 saturated heterocycles. The molecule has 0 spiro atoms. The molecule has 3 N–H and O–H groups in total. The normalized spacial score (nSPS) is 11.6. The number of aliphatic imine (C=N–C) groups is 1. The number of amidine groups is 1. The Morgan fingerprint density at radius 3 is 2.14 bits per heavy atom. The van der Waals surface area contributed by atoms with Crippen molar-refractivity contribution in [3.63, 3.8) is 0 Å². The van der Waals surface area contributed by atoms with Crippen LogP contribution in [0, 0.1) is 0 Å². The van der Waals surface area contributed by atoms with Gasteiger partial charge >= 0.3 is 0 Å². The van der Waals surface area contributed by atoms with Gasteiger partial charge in [0.2, 0.25) is 0 Å². The molecule has 0 aliphatic carbocycles. The van der Waals surface area contributed by atoms with Gasteiger partial charge in [0.05, 0.1) is 11.4 Å². The number of hydrogen-bond donors (Lipinski definition) is 3. The number of hydrazone groups is 1. The Balaban J connectivity index is 0.00000392. The number of nitrogens with one attached hydrogen (secondary N) is 2. The van der Waals surface area contributed by atoms with Gasteiger partial charge in [-0.05, 0) is 43.3 Å². The van der Waals surface area contributed by atoms with Gasteiger partial charge in [-0.1, -0.05) is 18.2 Å². The molecule has 28 heavy (non-hydrogen) atoms. The van der Waals surface area contributed by atoms with Crippen molar-refractivity contribution in [1.82, 2.24) is 5.48 Å². The maximum atomic E-state index is 9.41. The highest BCUT2D eigenvalue weighted by atomic mass is 35.5. The summed E-state index contributed by atoms with van der Waals surface area (Å²) >= 11 is 11.7. The lowest BCUT2D eigenvalue weighted by Crippen LogP contribution is -2.27. The Morgan fingerprint density at radius 1 is 1.00 bits per heavy atom. The minimum Gasteiger partial charge on any atom is -0.369 e. The lowest BCUT2D eigenvalue weighted by molar-refractivity contribution is 0.236. The van der Waals surface area contributed by atoms with Crippen molar-refractivity contribution in [2.45, 2.75) is 6.92 Å². The van der Waals surface area contributed by atoms with Crippen LogP contribution in [0.2, 0.25) is 0 Å². The van der Waals surface area contributed by atoms with Crippen LogP contribution in [0.4, 0.5) is 17.1 Å². The van der Waals surface area contributed by atoms with Crippen molar-refractivity contribution < 1.29 is 5.21 Å². The first kappa shape index (κ1) is 24.0. The number of benzene rings is 2. The topological polar surface area (TPSA) is 72.2 Å². The summed E-state index contributed by atoms with van der Waals surface area (Å²) in [5.41, 5.74) is 8.08. The van der Waals surface area contributed by atoms with Crippen LogP contribution in [0.5, 0.6) is 0 Å². The smallest absolute Gasteiger partial charge is 0.173 e. The molecular weight excluding hydrogens is 421 g/mol. The first-order chi connectivity index (χ1) is 13.2. The van der Waals surface area contributed by atoms with Gasteiger partial charge in [0, 0.05) is 30.5 Å². The Labute approximate surface area is 181 Å². The summed E-state index contributed by atoms with van der Waals surface area (Å²) in [4.78, 5) is 6.50. The van der Waals surface area contributed by atoms with Gasteiger partial charge in [0.15, 0.2) is 5.84 Å². The van der Waals surface area contributed by atoms with Crippen molar-refractivity contribution in [2.24, 2.45) is 10.1 Å². The van der Waals surface area contributed by atoms with Crippen LogP contribution in [0.3, 0.4) is 0 Å². The zero-order chi connectivity index (χ0) is 19.5. The third kappa shape index (κ3) is 7.56. The summed E-state index contributed by atoms with van der Waals surface area (Å²) in [6.45, 7) is 3.18. The summed E-state index contributed by atoms with van der Waals surface area (Å²) in [5.74, 6) is 1.31. The molecule has 2 aromatic rings. The number of hydrogen-bond acceptors (Lipinski definition) is 5. The molecule has 2 rings (SSSR count). The number of anilines is 2. The first-order valence-electron chi connectivity index (χ1n) is 8.49. The molecule has 0 heterocycles. The second-order valence-corrected chi connectivity index (χ2v) is 6.38. The summed E-state index contributed by atoms with van der Waals surface area (Å²) in [6.07, 6.45) is 0. The summed E-state index contributed by atoms with van der Waals surface area (Å²) < 4.78 is 0. The largest absolute Gasteiger partial charge is 0.369 e. The van der Waals surface area contributed by atoms with Crippen LogP contribution in [-0.4, -0.2) is 41.6 Å². The van der Waals surface area contributed by atoms with Crippen LogP contribution in [0.15, 0.2) is 64.7 Å². The van der Waals surface area contributed by atoms with E-state index in [9.17, 15) is 5.21 Å². The molecule has 0 radical (unpaired) electrons. The minimum atomic E-state index is 0. The monoisotopic (exact) mass is 443 g/mol. The molecule has 2 aromatic carbocycles. The van der Waals surface area contributed by atoms with Crippen molar-refractivity contribution in [3.8, 4) is 0 Å². The second-order valence-electron chi connectivity index (χ2n) is 5.63. The van der Waals surface area contributed by atoms with Gasteiger partial charge in [-0.15, -0.1) is 35.6 Å². The third-order valence-corrected chi connectivity index (χ3v) is 4.08. The molecule has 0 atom stereocenters. The van der Waals surface area contributed by atoms with Gasteiger partial charge in [-0.3, -0.25) is 16.1 Å². The lowest BCUT2D eigenvalue weighted by atomic mass is 10.2. The SMILES string of the molecule is C/C(=N\Nc1ccccc1)C(=Nc1ccc(N(CCCl)CCCl)cc1)NO.Cl. The Kier molecular flexibility index (Phi) is 11.4. The van der Waals surface area contributed by atoms with E-state index in [2.05, 4.69) is 25.9 Å². The molecule has 0 unspecified atom stereocenters. The number of hydroxylamine groups is 1. The summed E-state index contributed by atoms with van der Waals surface area (Å²) in [5, 5.41) is 13.6. The first-order valence-corrected chi connectivity index (χ1v) is 9.56. The van der Waals surface area contributed by atoms with Crippen LogP contribution < -0.4 is 15.8 Å². The Morgan fingerprint density at radius 2 is 1.61 bits per heavy atom. The number of para-hydroxylation sites is 1. The highest BCUT2D eigenvalue weighted by Gasteiger charge is 2.07.